The zero-order valence-corrected chi connectivity index (χ0v) is 27.7. The molecule has 9 N–H and O–H groups in total. The van der Waals surface area contributed by atoms with E-state index in [9.17, 15) is 54.3 Å². The SMILES string of the molecule is O.O.O=C([O-])CC(O)(CC(=O)[O-])C(=O)O.O=C([O-])CC(O)(CC(=O)[O-])C(=O)[O-].O=S(=O)(O)O.[Mg+2].[Na+].[Na+].[Na+]. The van der Waals surface area contributed by atoms with Crippen molar-refractivity contribution in [2.75, 3.05) is 0 Å². The average molecular weight is 607 g/mol. The summed E-state index contributed by atoms with van der Waals surface area (Å²) >= 11 is 0. The Labute approximate surface area is 289 Å². The van der Waals surface area contributed by atoms with Crippen molar-refractivity contribution in [2.45, 2.75) is 36.9 Å². The standard InChI is InChI=1S/2C6H8O7.Mg.3Na.H2O4S.2H2O/c2*7-3(8)1-6(13,5(11)12)2-4(9)10;;;;;1-5(2,3)4;;/h2*13H,1-2H2,(H,7,8)(H,9,10)(H,11,12);;;;;(H2,1,2,3,4);2*1H2/q;;+2;3*+1;;;/p-5. The van der Waals surface area contributed by atoms with Gasteiger partial charge in [-0.05, 0) is 0 Å². The Morgan fingerprint density at radius 1 is 0.595 bits per heavy atom. The molecule has 37 heavy (non-hydrogen) atoms. The van der Waals surface area contributed by atoms with Crippen molar-refractivity contribution in [3.63, 3.8) is 0 Å². The Balaban J connectivity index is -0.0000000450. The molecular weight excluding hydrogens is 589 g/mol. The van der Waals surface area contributed by atoms with E-state index in [1.165, 1.54) is 0 Å². The summed E-state index contributed by atoms with van der Waals surface area (Å²) in [7, 11) is -4.67. The number of aliphatic hydroxyl groups is 2. The number of carboxylic acids is 6. The molecule has 0 saturated heterocycles. The third kappa shape index (κ3) is 40.9. The first-order chi connectivity index (χ1) is 13.6. The van der Waals surface area contributed by atoms with E-state index < -0.39 is 83.1 Å². The molecule has 0 aromatic rings. The largest absolute Gasteiger partial charge is 2.00 e. The fourth-order valence-electron chi connectivity index (χ4n) is 1.38. The molecule has 0 saturated carbocycles. The van der Waals surface area contributed by atoms with Crippen molar-refractivity contribution in [3.05, 3.63) is 0 Å². The van der Waals surface area contributed by atoms with E-state index in [1.54, 1.807) is 0 Å². The van der Waals surface area contributed by atoms with Crippen LogP contribution in [0.3, 0.4) is 0 Å². The molecule has 196 valence electrons. The molecule has 0 aromatic carbocycles. The summed E-state index contributed by atoms with van der Waals surface area (Å²) in [4.78, 5) is 60.2. The molecule has 20 nitrogen and oxygen atoms in total. The number of carbonyl (C=O) groups is 6. The van der Waals surface area contributed by atoms with Gasteiger partial charge in [0.1, 0.15) is 5.60 Å². The molecule has 0 atom stereocenters. The number of carboxylic acid groups (broad SMARTS) is 6. The molecule has 0 aliphatic rings. The van der Waals surface area contributed by atoms with Crippen LogP contribution in [-0.4, -0.2) is 114 Å². The number of carbonyl (C=O) groups excluding carboxylic acids is 5. The van der Waals surface area contributed by atoms with E-state index in [2.05, 4.69) is 0 Å². The Bertz CT molecular complexity index is 725. The smallest absolute Gasteiger partial charge is 0.550 e. The van der Waals surface area contributed by atoms with Crippen molar-refractivity contribution in [3.8, 4) is 0 Å². The van der Waals surface area contributed by atoms with Crippen LogP contribution in [0.25, 0.3) is 0 Å². The van der Waals surface area contributed by atoms with Gasteiger partial charge >= 0.3 is 128 Å². The van der Waals surface area contributed by atoms with Crippen molar-refractivity contribution >= 4 is 69.3 Å². The second-order valence-electron chi connectivity index (χ2n) is 5.30. The molecule has 0 aliphatic heterocycles. The fraction of sp³-hybridized carbons (Fsp3) is 0.500. The summed E-state index contributed by atoms with van der Waals surface area (Å²) < 4.78 is 31.6. The summed E-state index contributed by atoms with van der Waals surface area (Å²) in [5.74, 6) is -11.6. The van der Waals surface area contributed by atoms with Gasteiger partial charge in [0.15, 0.2) is 5.60 Å². The van der Waals surface area contributed by atoms with Crippen molar-refractivity contribution in [1.29, 1.82) is 0 Å². The van der Waals surface area contributed by atoms with Crippen molar-refractivity contribution in [1.82, 2.24) is 0 Å². The molecule has 0 aromatic heterocycles. The fourth-order valence-corrected chi connectivity index (χ4v) is 1.38. The maximum atomic E-state index is 10.3. The second-order valence-corrected chi connectivity index (χ2v) is 6.19. The van der Waals surface area contributed by atoms with E-state index in [-0.39, 0.29) is 123 Å². The van der Waals surface area contributed by atoms with Crippen LogP contribution >= 0.6 is 0 Å². The first-order valence-electron chi connectivity index (χ1n) is 6.94. The third-order valence-electron chi connectivity index (χ3n) is 2.53. The Kier molecular flexibility index (Phi) is 46.2. The van der Waals surface area contributed by atoms with Gasteiger partial charge in [0, 0.05) is 49.6 Å². The molecule has 0 rings (SSSR count). The predicted octanol–water partition coefficient (Wildman–Crippen LogP) is -20.8. The molecule has 0 heterocycles. The second kappa shape index (κ2) is 27.8. The number of rotatable bonds is 10. The van der Waals surface area contributed by atoms with Crippen molar-refractivity contribution < 1.29 is 187 Å². The van der Waals surface area contributed by atoms with Gasteiger partial charge in [-0.3, -0.25) is 9.11 Å². The zero-order valence-electron chi connectivity index (χ0n) is 19.5. The number of aliphatic carboxylic acids is 6. The van der Waals surface area contributed by atoms with E-state index in [4.69, 9.17) is 32.8 Å². The molecule has 0 fully saturated rings. The molecule has 0 bridgehead atoms. The van der Waals surface area contributed by atoms with Crippen LogP contribution in [0.2, 0.25) is 0 Å². The van der Waals surface area contributed by atoms with Gasteiger partial charge in [0.05, 0.1) is 5.97 Å². The van der Waals surface area contributed by atoms with Crippen molar-refractivity contribution in [2.24, 2.45) is 0 Å². The summed E-state index contributed by atoms with van der Waals surface area (Å²) in [5, 5.41) is 76.1. The molecule has 0 radical (unpaired) electrons. The van der Waals surface area contributed by atoms with Crippen LogP contribution < -0.4 is 114 Å². The molecule has 0 amide bonds. The van der Waals surface area contributed by atoms with Gasteiger partial charge in [-0.25, -0.2) is 4.79 Å². The minimum atomic E-state index is -4.67. The number of hydrogen-bond acceptors (Lipinski definition) is 15. The van der Waals surface area contributed by atoms with E-state index >= 15 is 0 Å². The molecule has 25 heteroatoms. The summed E-state index contributed by atoms with van der Waals surface area (Å²) in [6.07, 6.45) is -5.31. The quantitative estimate of drug-likeness (QED) is 0.114. The maximum absolute atomic E-state index is 10.3. The predicted molar refractivity (Wildman–Crippen MR) is 88.2 cm³/mol. The van der Waals surface area contributed by atoms with Gasteiger partial charge in [-0.2, -0.15) is 8.42 Å². The van der Waals surface area contributed by atoms with Gasteiger partial charge in [0.2, 0.25) is 0 Å². The minimum Gasteiger partial charge on any atom is -0.550 e. The van der Waals surface area contributed by atoms with Crippen LogP contribution in [0.4, 0.5) is 0 Å². The summed E-state index contributed by atoms with van der Waals surface area (Å²) in [6, 6.07) is 0. The Hall–Kier alpha value is 0.296. The third-order valence-corrected chi connectivity index (χ3v) is 2.53. The van der Waals surface area contributed by atoms with Crippen LogP contribution in [-0.2, 0) is 39.2 Å². The minimum absolute atomic E-state index is 0. The summed E-state index contributed by atoms with van der Waals surface area (Å²) in [6.45, 7) is 0. The van der Waals surface area contributed by atoms with Gasteiger partial charge in [0.25, 0.3) is 0 Å². The van der Waals surface area contributed by atoms with Crippen LogP contribution in [0.15, 0.2) is 0 Å². The van der Waals surface area contributed by atoms with Crippen LogP contribution in [0.1, 0.15) is 25.7 Å². The first kappa shape index (κ1) is 61.4. The molecule has 0 spiro atoms. The van der Waals surface area contributed by atoms with E-state index in [0.717, 1.165) is 0 Å². The van der Waals surface area contributed by atoms with E-state index in [0.29, 0.717) is 0 Å². The van der Waals surface area contributed by atoms with E-state index in [1.807, 2.05) is 0 Å². The molecule has 0 aliphatic carbocycles. The first-order valence-corrected chi connectivity index (χ1v) is 8.34. The van der Waals surface area contributed by atoms with Gasteiger partial charge in [-0.1, -0.05) is 0 Å². The normalized spacial score (nSPS) is 9.19. The number of hydrogen-bond donors (Lipinski definition) is 5. The van der Waals surface area contributed by atoms with Crippen LogP contribution in [0, 0.1) is 0 Å². The Morgan fingerprint density at radius 2 is 0.757 bits per heavy atom. The van der Waals surface area contributed by atoms with Gasteiger partial charge in [-0.15, -0.1) is 0 Å². The molecule has 0 unspecified atom stereocenters. The average Bonchev–Trinajstić information content (AvgIpc) is 2.41. The zero-order chi connectivity index (χ0) is 25.8. The van der Waals surface area contributed by atoms with Gasteiger partial charge < -0.3 is 75.8 Å². The topological polar surface area (TPSA) is 416 Å². The Morgan fingerprint density at radius 3 is 0.865 bits per heavy atom. The monoisotopic (exact) mass is 606 g/mol. The summed E-state index contributed by atoms with van der Waals surface area (Å²) in [5.41, 5.74) is -5.84. The maximum Gasteiger partial charge on any atom is 2.00 e. The molecular formula is C12H17MgNa3O20S. The van der Waals surface area contributed by atoms with Crippen LogP contribution in [0.5, 0.6) is 0 Å².